The summed E-state index contributed by atoms with van der Waals surface area (Å²) in [6.45, 7) is 7.88. The molecule has 2 aromatic rings. The molecule has 5 heteroatoms. The molecule has 0 amide bonds. The molecule has 106 valence electrons. The van der Waals surface area contributed by atoms with Crippen LogP contribution >= 0.6 is 11.3 Å². The van der Waals surface area contributed by atoms with Gasteiger partial charge in [-0.05, 0) is 56.3 Å². The lowest BCUT2D eigenvalue weighted by Crippen LogP contribution is -2.08. The second-order valence-corrected chi connectivity index (χ2v) is 5.99. The van der Waals surface area contributed by atoms with Crippen LogP contribution in [-0.4, -0.2) is 4.92 Å². The summed E-state index contributed by atoms with van der Waals surface area (Å²) in [7, 11) is 0. The van der Waals surface area contributed by atoms with Gasteiger partial charge in [0.15, 0.2) is 0 Å². The van der Waals surface area contributed by atoms with Gasteiger partial charge in [-0.1, -0.05) is 0 Å². The predicted octanol–water partition coefficient (Wildman–Crippen LogP) is 4.75. The van der Waals surface area contributed by atoms with E-state index in [2.05, 4.69) is 30.6 Å². The van der Waals surface area contributed by atoms with E-state index in [1.807, 2.05) is 13.0 Å². The van der Waals surface area contributed by atoms with Gasteiger partial charge in [0.1, 0.15) is 0 Å². The first-order valence-electron chi connectivity index (χ1n) is 6.46. The molecule has 4 nitrogen and oxygen atoms in total. The van der Waals surface area contributed by atoms with Gasteiger partial charge < -0.3 is 5.32 Å². The molecular formula is C15H18N2O2S. The normalized spacial score (nSPS) is 12.2. The third-order valence-electron chi connectivity index (χ3n) is 3.41. The Morgan fingerprint density at radius 2 is 1.90 bits per heavy atom. The number of nitrogens with zero attached hydrogens (tertiary/aromatic N) is 1. The quantitative estimate of drug-likeness (QED) is 0.652. The van der Waals surface area contributed by atoms with Crippen molar-refractivity contribution in [3.05, 3.63) is 55.3 Å². The maximum absolute atomic E-state index is 11.0. The molecule has 0 aliphatic rings. The van der Waals surface area contributed by atoms with Crippen LogP contribution in [0.15, 0.2) is 23.6 Å². The second-order valence-electron chi connectivity index (χ2n) is 5.04. The molecule has 0 bridgehead atoms. The van der Waals surface area contributed by atoms with Crippen LogP contribution in [0.2, 0.25) is 0 Å². The van der Waals surface area contributed by atoms with Crippen LogP contribution < -0.4 is 5.32 Å². The largest absolute Gasteiger partial charge is 0.377 e. The number of nitrogens with one attached hydrogen (secondary N) is 1. The van der Waals surface area contributed by atoms with Crippen LogP contribution in [-0.2, 0) is 0 Å². The highest BCUT2D eigenvalue weighted by Crippen LogP contribution is 2.31. The van der Waals surface area contributed by atoms with Crippen molar-refractivity contribution in [1.82, 2.24) is 0 Å². The molecule has 20 heavy (non-hydrogen) atoms. The Kier molecular flexibility index (Phi) is 4.09. The van der Waals surface area contributed by atoms with Crippen molar-refractivity contribution in [3.63, 3.8) is 0 Å². The molecule has 0 aliphatic carbocycles. The van der Waals surface area contributed by atoms with Crippen LogP contribution in [0, 0.1) is 30.9 Å². The van der Waals surface area contributed by atoms with Crippen LogP contribution in [0.25, 0.3) is 0 Å². The SMILES string of the molecule is Cc1cc(C)c([N+](=O)[O-])cc1NC(C)c1sccc1C. The minimum absolute atomic E-state index is 0.135. The first-order chi connectivity index (χ1) is 9.40. The van der Waals surface area contributed by atoms with E-state index in [1.165, 1.54) is 10.4 Å². The Labute approximate surface area is 122 Å². The van der Waals surface area contributed by atoms with Gasteiger partial charge in [0, 0.05) is 22.2 Å². The molecule has 0 spiro atoms. The maximum Gasteiger partial charge on any atom is 0.274 e. The van der Waals surface area contributed by atoms with Gasteiger partial charge in [-0.3, -0.25) is 10.1 Å². The Hall–Kier alpha value is -1.88. The third kappa shape index (κ3) is 2.82. The number of hydrogen-bond donors (Lipinski definition) is 1. The molecule has 1 atom stereocenters. The molecule has 0 aliphatic heterocycles. The summed E-state index contributed by atoms with van der Waals surface area (Å²) < 4.78 is 0. The first-order valence-corrected chi connectivity index (χ1v) is 7.34. The van der Waals surface area contributed by atoms with Crippen molar-refractivity contribution in [2.24, 2.45) is 0 Å². The summed E-state index contributed by atoms with van der Waals surface area (Å²) in [5.74, 6) is 0. The van der Waals surface area contributed by atoms with E-state index in [4.69, 9.17) is 0 Å². The topological polar surface area (TPSA) is 55.2 Å². The van der Waals surface area contributed by atoms with Crippen molar-refractivity contribution in [1.29, 1.82) is 0 Å². The van der Waals surface area contributed by atoms with Crippen molar-refractivity contribution >= 4 is 22.7 Å². The van der Waals surface area contributed by atoms with E-state index in [1.54, 1.807) is 24.3 Å². The zero-order valence-electron chi connectivity index (χ0n) is 12.1. The lowest BCUT2D eigenvalue weighted by Gasteiger charge is -2.17. The van der Waals surface area contributed by atoms with E-state index in [0.717, 1.165) is 11.3 Å². The minimum atomic E-state index is -0.332. The summed E-state index contributed by atoms with van der Waals surface area (Å²) in [5.41, 5.74) is 3.94. The molecule has 0 fully saturated rings. The molecule has 0 radical (unpaired) electrons. The van der Waals surface area contributed by atoms with E-state index < -0.39 is 0 Å². The molecule has 0 saturated carbocycles. The standard InChI is InChI=1S/C15H18N2O2S/c1-9-5-6-20-15(9)12(4)16-13-8-14(17(18)19)11(3)7-10(13)2/h5-8,12,16H,1-4H3. The van der Waals surface area contributed by atoms with E-state index in [-0.39, 0.29) is 16.7 Å². The van der Waals surface area contributed by atoms with Crippen molar-refractivity contribution in [2.45, 2.75) is 33.7 Å². The summed E-state index contributed by atoms with van der Waals surface area (Å²) in [6, 6.07) is 5.71. The number of thiophene rings is 1. The summed E-state index contributed by atoms with van der Waals surface area (Å²) in [5, 5.41) is 16.5. The molecular weight excluding hydrogens is 272 g/mol. The fourth-order valence-corrected chi connectivity index (χ4v) is 3.26. The van der Waals surface area contributed by atoms with Gasteiger partial charge in [0.2, 0.25) is 0 Å². The van der Waals surface area contributed by atoms with Crippen molar-refractivity contribution in [3.8, 4) is 0 Å². The van der Waals surface area contributed by atoms with Gasteiger partial charge in [0.05, 0.1) is 11.0 Å². The molecule has 0 saturated heterocycles. The van der Waals surface area contributed by atoms with Crippen molar-refractivity contribution in [2.75, 3.05) is 5.32 Å². The minimum Gasteiger partial charge on any atom is -0.377 e. The van der Waals surface area contributed by atoms with E-state index >= 15 is 0 Å². The van der Waals surface area contributed by atoms with Crippen molar-refractivity contribution < 1.29 is 4.92 Å². The lowest BCUT2D eigenvalue weighted by atomic mass is 10.1. The number of anilines is 1. The summed E-state index contributed by atoms with van der Waals surface area (Å²) in [4.78, 5) is 12.0. The number of nitro benzene ring substituents is 1. The fourth-order valence-electron chi connectivity index (χ4n) is 2.32. The highest BCUT2D eigenvalue weighted by molar-refractivity contribution is 7.10. The average molecular weight is 290 g/mol. The van der Waals surface area contributed by atoms with Gasteiger partial charge in [-0.2, -0.15) is 0 Å². The highest BCUT2D eigenvalue weighted by Gasteiger charge is 2.16. The molecule has 1 heterocycles. The monoisotopic (exact) mass is 290 g/mol. The van der Waals surface area contributed by atoms with Crippen LogP contribution in [0.1, 0.15) is 34.5 Å². The van der Waals surface area contributed by atoms with E-state index in [0.29, 0.717) is 5.56 Å². The molecule has 2 rings (SSSR count). The fraction of sp³-hybridized carbons (Fsp3) is 0.333. The Morgan fingerprint density at radius 1 is 1.20 bits per heavy atom. The van der Waals surface area contributed by atoms with Crippen LogP contribution in [0.5, 0.6) is 0 Å². The number of nitro groups is 1. The van der Waals surface area contributed by atoms with Gasteiger partial charge in [-0.15, -0.1) is 11.3 Å². The predicted molar refractivity (Wildman–Crippen MR) is 83.7 cm³/mol. The Morgan fingerprint density at radius 3 is 2.45 bits per heavy atom. The Bertz CT molecular complexity index is 649. The number of benzene rings is 1. The van der Waals surface area contributed by atoms with E-state index in [9.17, 15) is 10.1 Å². The molecule has 1 aromatic carbocycles. The van der Waals surface area contributed by atoms with Crippen LogP contribution in [0.4, 0.5) is 11.4 Å². The van der Waals surface area contributed by atoms with Crippen LogP contribution in [0.3, 0.4) is 0 Å². The van der Waals surface area contributed by atoms with Gasteiger partial charge in [-0.25, -0.2) is 0 Å². The molecule has 1 unspecified atom stereocenters. The Balaban J connectivity index is 2.32. The zero-order valence-corrected chi connectivity index (χ0v) is 12.9. The smallest absolute Gasteiger partial charge is 0.274 e. The lowest BCUT2D eigenvalue weighted by molar-refractivity contribution is -0.385. The number of aryl methyl sites for hydroxylation is 3. The summed E-state index contributed by atoms with van der Waals surface area (Å²) in [6.07, 6.45) is 0. The average Bonchev–Trinajstić information content (AvgIpc) is 2.78. The van der Waals surface area contributed by atoms with Gasteiger partial charge in [0.25, 0.3) is 5.69 Å². The molecule has 1 aromatic heterocycles. The molecule has 1 N–H and O–H groups in total. The van der Waals surface area contributed by atoms with Gasteiger partial charge >= 0.3 is 0 Å². The maximum atomic E-state index is 11.0. The zero-order chi connectivity index (χ0) is 14.9. The third-order valence-corrected chi connectivity index (χ3v) is 4.61. The summed E-state index contributed by atoms with van der Waals surface area (Å²) >= 11 is 1.70. The number of rotatable bonds is 4. The number of hydrogen-bond acceptors (Lipinski definition) is 4. The first kappa shape index (κ1) is 14.5. The highest BCUT2D eigenvalue weighted by atomic mass is 32.1. The second kappa shape index (κ2) is 5.63.